The van der Waals surface area contributed by atoms with Crippen LogP contribution in [0.4, 0.5) is 5.69 Å². The van der Waals surface area contributed by atoms with Crippen molar-refractivity contribution in [1.82, 2.24) is 15.1 Å². The van der Waals surface area contributed by atoms with Gasteiger partial charge in [0.15, 0.2) is 0 Å². The highest BCUT2D eigenvalue weighted by atomic mass is 35.5. The van der Waals surface area contributed by atoms with Crippen LogP contribution in [-0.4, -0.2) is 34.2 Å². The summed E-state index contributed by atoms with van der Waals surface area (Å²) < 4.78 is 1.75. The highest BCUT2D eigenvalue weighted by molar-refractivity contribution is 5.94. The fourth-order valence-corrected chi connectivity index (χ4v) is 4.64. The van der Waals surface area contributed by atoms with E-state index in [-0.39, 0.29) is 42.7 Å². The Hall–Kier alpha value is -2.38. The smallest absolute Gasteiger partial charge is 0.243 e. The Balaban J connectivity index is 0.00000240. The molecule has 2 unspecified atom stereocenters. The molecule has 2 aromatic rings. The van der Waals surface area contributed by atoms with Crippen molar-refractivity contribution in [2.24, 2.45) is 23.5 Å². The number of nitrogens with one attached hydrogen (secondary N) is 2. The molecular formula is C21H28ClN5O2. The van der Waals surface area contributed by atoms with Crippen LogP contribution in [-0.2, 0) is 9.59 Å². The second-order valence-electron chi connectivity index (χ2n) is 7.96. The first-order valence-corrected chi connectivity index (χ1v) is 10.0. The molecule has 7 nitrogen and oxygen atoms in total. The van der Waals surface area contributed by atoms with Crippen LogP contribution in [0.3, 0.4) is 0 Å². The topological polar surface area (TPSA) is 102 Å². The fraction of sp³-hybridized carbons (Fsp3) is 0.476. The predicted octanol–water partition coefficient (Wildman–Crippen LogP) is 2.50. The van der Waals surface area contributed by atoms with Gasteiger partial charge in [-0.1, -0.05) is 6.42 Å². The van der Waals surface area contributed by atoms with E-state index in [0.717, 1.165) is 31.4 Å². The fourth-order valence-electron chi connectivity index (χ4n) is 4.64. The SMILES string of the molecule is Cl.NC1C2CCCC1CC(C(=O)NCC(=O)Nc1ccc(-n3cccn3)cc1)C2. The number of nitrogens with two attached hydrogens (primary N) is 1. The summed E-state index contributed by atoms with van der Waals surface area (Å²) in [4.78, 5) is 24.7. The Morgan fingerprint density at radius 2 is 1.83 bits per heavy atom. The lowest BCUT2D eigenvalue weighted by molar-refractivity contribution is -0.129. The van der Waals surface area contributed by atoms with E-state index in [9.17, 15) is 9.59 Å². The minimum atomic E-state index is -0.229. The van der Waals surface area contributed by atoms with Crippen molar-refractivity contribution in [3.8, 4) is 5.69 Å². The van der Waals surface area contributed by atoms with Crippen molar-refractivity contribution in [1.29, 1.82) is 0 Å². The van der Waals surface area contributed by atoms with E-state index in [1.807, 2.05) is 36.5 Å². The zero-order valence-corrected chi connectivity index (χ0v) is 17.1. The maximum atomic E-state index is 12.5. The summed E-state index contributed by atoms with van der Waals surface area (Å²) >= 11 is 0. The first kappa shape index (κ1) is 21.3. The third-order valence-electron chi connectivity index (χ3n) is 6.13. The summed E-state index contributed by atoms with van der Waals surface area (Å²) in [5.41, 5.74) is 7.90. The van der Waals surface area contributed by atoms with E-state index in [1.54, 1.807) is 10.9 Å². The van der Waals surface area contributed by atoms with Gasteiger partial charge in [0.1, 0.15) is 0 Å². The maximum absolute atomic E-state index is 12.5. The number of aromatic nitrogens is 2. The predicted molar refractivity (Wildman–Crippen MR) is 114 cm³/mol. The molecule has 1 heterocycles. The molecule has 2 bridgehead atoms. The highest BCUT2D eigenvalue weighted by Crippen LogP contribution is 2.41. The second kappa shape index (κ2) is 9.41. The van der Waals surface area contributed by atoms with E-state index in [1.165, 1.54) is 6.42 Å². The third-order valence-corrected chi connectivity index (χ3v) is 6.13. The number of rotatable bonds is 5. The van der Waals surface area contributed by atoms with E-state index in [2.05, 4.69) is 15.7 Å². The number of anilines is 1. The molecule has 1 aromatic carbocycles. The molecular weight excluding hydrogens is 390 g/mol. The van der Waals surface area contributed by atoms with Crippen molar-refractivity contribution in [2.75, 3.05) is 11.9 Å². The Morgan fingerprint density at radius 3 is 2.45 bits per heavy atom. The third kappa shape index (κ3) is 4.97. The van der Waals surface area contributed by atoms with Crippen LogP contribution in [0.15, 0.2) is 42.7 Å². The molecule has 0 spiro atoms. The summed E-state index contributed by atoms with van der Waals surface area (Å²) in [7, 11) is 0. The number of fused-ring (bicyclic) bond motifs is 2. The minimum absolute atomic E-state index is 0. The normalized spacial score (nSPS) is 25.6. The van der Waals surface area contributed by atoms with Crippen LogP contribution >= 0.6 is 12.4 Å². The van der Waals surface area contributed by atoms with Crippen LogP contribution in [0.1, 0.15) is 32.1 Å². The van der Waals surface area contributed by atoms with Crippen molar-refractivity contribution >= 4 is 29.9 Å². The van der Waals surface area contributed by atoms with Crippen molar-refractivity contribution in [3.63, 3.8) is 0 Å². The van der Waals surface area contributed by atoms with Crippen LogP contribution in [0, 0.1) is 17.8 Å². The first-order chi connectivity index (χ1) is 13.6. The molecule has 8 heteroatoms. The van der Waals surface area contributed by atoms with Crippen molar-refractivity contribution in [3.05, 3.63) is 42.7 Å². The maximum Gasteiger partial charge on any atom is 0.243 e. The van der Waals surface area contributed by atoms with Crippen LogP contribution < -0.4 is 16.4 Å². The lowest BCUT2D eigenvalue weighted by atomic mass is 9.65. The molecule has 0 saturated heterocycles. The van der Waals surface area contributed by atoms with Gasteiger partial charge >= 0.3 is 0 Å². The highest BCUT2D eigenvalue weighted by Gasteiger charge is 2.40. The molecule has 2 aliphatic rings. The molecule has 4 N–H and O–H groups in total. The lowest BCUT2D eigenvalue weighted by Gasteiger charge is -2.43. The molecule has 4 rings (SSSR count). The van der Waals surface area contributed by atoms with Crippen LogP contribution in [0.2, 0.25) is 0 Å². The van der Waals surface area contributed by atoms with E-state index >= 15 is 0 Å². The first-order valence-electron chi connectivity index (χ1n) is 10.0. The number of benzene rings is 1. The molecule has 29 heavy (non-hydrogen) atoms. The molecule has 2 aliphatic carbocycles. The summed E-state index contributed by atoms with van der Waals surface area (Å²) in [6.45, 7) is -0.0162. The minimum Gasteiger partial charge on any atom is -0.347 e. The van der Waals surface area contributed by atoms with Gasteiger partial charge in [0.05, 0.1) is 12.2 Å². The Bertz CT molecular complexity index is 810. The number of halogens is 1. The van der Waals surface area contributed by atoms with E-state index in [0.29, 0.717) is 17.5 Å². The number of amides is 2. The second-order valence-corrected chi connectivity index (χ2v) is 7.96. The van der Waals surface area contributed by atoms with Gasteiger partial charge in [0.25, 0.3) is 0 Å². The van der Waals surface area contributed by atoms with Gasteiger partial charge in [-0.25, -0.2) is 4.68 Å². The van der Waals surface area contributed by atoms with Gasteiger partial charge in [-0.15, -0.1) is 12.4 Å². The Morgan fingerprint density at radius 1 is 1.14 bits per heavy atom. The van der Waals surface area contributed by atoms with Gasteiger partial charge in [-0.05, 0) is 67.9 Å². The summed E-state index contributed by atoms with van der Waals surface area (Å²) in [5, 5.41) is 9.79. The van der Waals surface area contributed by atoms with Gasteiger partial charge in [0, 0.05) is 30.0 Å². The molecule has 0 radical (unpaired) electrons. The van der Waals surface area contributed by atoms with Crippen LogP contribution in [0.25, 0.3) is 5.69 Å². The number of carbonyl (C=O) groups excluding carboxylic acids is 2. The standard InChI is InChI=1S/C21H27N5O2.ClH/c22-20-14-3-1-4-15(20)12-16(11-14)21(28)23-13-19(27)25-17-5-7-18(8-6-17)26-10-2-9-24-26;/h2,5-10,14-16,20H,1,3-4,11-13,22H2,(H,23,28)(H,25,27);1H. The van der Waals surface area contributed by atoms with Gasteiger partial charge in [-0.2, -0.15) is 5.10 Å². The average Bonchev–Trinajstić information content (AvgIpc) is 3.21. The Labute approximate surface area is 176 Å². The van der Waals surface area contributed by atoms with E-state index in [4.69, 9.17) is 5.73 Å². The van der Waals surface area contributed by atoms with E-state index < -0.39 is 0 Å². The molecule has 0 aliphatic heterocycles. The average molecular weight is 418 g/mol. The number of carbonyl (C=O) groups is 2. The molecule has 2 fully saturated rings. The van der Waals surface area contributed by atoms with Crippen molar-refractivity contribution in [2.45, 2.75) is 38.1 Å². The van der Waals surface area contributed by atoms with Gasteiger partial charge in [-0.3, -0.25) is 9.59 Å². The number of nitrogens with zero attached hydrogens (tertiary/aromatic N) is 2. The summed E-state index contributed by atoms with van der Waals surface area (Å²) in [5.74, 6) is 0.632. The monoisotopic (exact) mass is 417 g/mol. The summed E-state index contributed by atoms with van der Waals surface area (Å²) in [6.07, 6.45) is 8.73. The zero-order chi connectivity index (χ0) is 19.5. The largest absolute Gasteiger partial charge is 0.347 e. The van der Waals surface area contributed by atoms with Crippen LogP contribution in [0.5, 0.6) is 0 Å². The number of hydrogen-bond acceptors (Lipinski definition) is 4. The summed E-state index contributed by atoms with van der Waals surface area (Å²) in [6, 6.07) is 9.49. The molecule has 2 atom stereocenters. The Kier molecular flexibility index (Phi) is 6.92. The molecule has 2 amide bonds. The molecule has 156 valence electrons. The molecule has 1 aromatic heterocycles. The van der Waals surface area contributed by atoms with Gasteiger partial charge < -0.3 is 16.4 Å². The van der Waals surface area contributed by atoms with Gasteiger partial charge in [0.2, 0.25) is 11.8 Å². The van der Waals surface area contributed by atoms with Crippen molar-refractivity contribution < 1.29 is 9.59 Å². The quantitative estimate of drug-likeness (QED) is 0.695. The lowest BCUT2D eigenvalue weighted by Crippen LogP contribution is -2.49. The number of hydrogen-bond donors (Lipinski definition) is 3. The molecule has 2 saturated carbocycles. The zero-order valence-electron chi connectivity index (χ0n) is 16.3.